The maximum Gasteiger partial charge on any atom is 0.125 e. The molecular weight excluding hydrogens is 484 g/mol. The Morgan fingerprint density at radius 2 is 1.27 bits per heavy atom. The van der Waals surface area contributed by atoms with Crippen LogP contribution in [0.5, 0.6) is 5.75 Å². The second-order valence-corrected chi connectivity index (χ2v) is 12.2. The predicted molar refractivity (Wildman–Crippen MR) is 175 cm³/mol. The highest BCUT2D eigenvalue weighted by Gasteiger charge is 2.21. The van der Waals surface area contributed by atoms with E-state index in [9.17, 15) is 0 Å². The molecular formula is C39H54O. The summed E-state index contributed by atoms with van der Waals surface area (Å²) in [5.74, 6) is 3.43. The van der Waals surface area contributed by atoms with Crippen LogP contribution in [0.25, 0.3) is 22.3 Å². The van der Waals surface area contributed by atoms with Crippen molar-refractivity contribution in [2.45, 2.75) is 119 Å². The standard InChI is InChI=1S/C39H54O/c1-8-28(9-2)26-40-39-30(11-4)25-38(35(12-5)36(39)13-6)34-22-23-37(29(10-3)24-34)33-20-18-32(19-21-33)31-16-14-27(7)15-17-31/h18-25,27-28,31H,8-17,26H2,1-7H3. The fraction of sp³-hybridized carbons (Fsp3) is 0.538. The van der Waals surface area contributed by atoms with Crippen molar-refractivity contribution in [1.29, 1.82) is 0 Å². The van der Waals surface area contributed by atoms with Crippen LogP contribution in [0.2, 0.25) is 0 Å². The van der Waals surface area contributed by atoms with Gasteiger partial charge >= 0.3 is 0 Å². The minimum Gasteiger partial charge on any atom is -0.493 e. The fourth-order valence-electron chi connectivity index (χ4n) is 6.89. The van der Waals surface area contributed by atoms with E-state index in [1.165, 1.54) is 88.6 Å². The second-order valence-electron chi connectivity index (χ2n) is 12.2. The Kier molecular flexibility index (Phi) is 10.9. The summed E-state index contributed by atoms with van der Waals surface area (Å²) in [6.45, 7) is 16.9. The number of rotatable bonds is 12. The summed E-state index contributed by atoms with van der Waals surface area (Å²) in [7, 11) is 0. The molecule has 216 valence electrons. The summed E-state index contributed by atoms with van der Waals surface area (Å²) in [5, 5.41) is 0. The topological polar surface area (TPSA) is 9.23 Å². The van der Waals surface area contributed by atoms with Crippen LogP contribution in [0.1, 0.15) is 121 Å². The molecule has 1 aliphatic carbocycles. The lowest BCUT2D eigenvalue weighted by molar-refractivity contribution is 0.236. The van der Waals surface area contributed by atoms with Crippen LogP contribution < -0.4 is 4.74 Å². The summed E-state index contributed by atoms with van der Waals surface area (Å²) in [4.78, 5) is 0. The molecule has 0 spiro atoms. The van der Waals surface area contributed by atoms with E-state index in [1.54, 1.807) is 0 Å². The van der Waals surface area contributed by atoms with Crippen molar-refractivity contribution in [2.24, 2.45) is 11.8 Å². The van der Waals surface area contributed by atoms with E-state index in [0.29, 0.717) is 5.92 Å². The highest BCUT2D eigenvalue weighted by Crippen LogP contribution is 2.40. The van der Waals surface area contributed by atoms with Gasteiger partial charge in [-0.05, 0) is 112 Å². The van der Waals surface area contributed by atoms with Gasteiger partial charge in [-0.15, -0.1) is 0 Å². The summed E-state index contributed by atoms with van der Waals surface area (Å²) in [6, 6.07) is 19.2. The van der Waals surface area contributed by atoms with Crippen molar-refractivity contribution in [3.8, 4) is 28.0 Å². The van der Waals surface area contributed by atoms with Gasteiger partial charge in [0.25, 0.3) is 0 Å². The Bertz CT molecular complexity index is 1220. The molecule has 1 saturated carbocycles. The molecule has 0 aromatic heterocycles. The molecule has 1 fully saturated rings. The minimum atomic E-state index is 0.624. The molecule has 1 heteroatoms. The molecule has 0 unspecified atom stereocenters. The van der Waals surface area contributed by atoms with Crippen LogP contribution in [0.3, 0.4) is 0 Å². The van der Waals surface area contributed by atoms with Crippen molar-refractivity contribution in [3.63, 3.8) is 0 Å². The van der Waals surface area contributed by atoms with Gasteiger partial charge in [0.1, 0.15) is 5.75 Å². The first-order valence-electron chi connectivity index (χ1n) is 16.5. The summed E-state index contributed by atoms with van der Waals surface area (Å²) < 4.78 is 6.61. The second kappa shape index (κ2) is 14.4. The van der Waals surface area contributed by atoms with Gasteiger partial charge in [-0.1, -0.05) is 117 Å². The third-order valence-electron chi connectivity index (χ3n) is 9.79. The zero-order valence-corrected chi connectivity index (χ0v) is 26.5. The molecule has 1 nitrogen and oxygen atoms in total. The first-order valence-corrected chi connectivity index (χ1v) is 16.5. The first kappa shape index (κ1) is 30.4. The number of benzene rings is 3. The van der Waals surface area contributed by atoms with Crippen LogP contribution >= 0.6 is 0 Å². The Morgan fingerprint density at radius 1 is 0.650 bits per heavy atom. The largest absolute Gasteiger partial charge is 0.493 e. The molecule has 1 aliphatic rings. The molecule has 0 aliphatic heterocycles. The van der Waals surface area contributed by atoms with Gasteiger partial charge in [0.05, 0.1) is 6.61 Å². The zero-order valence-electron chi connectivity index (χ0n) is 26.5. The minimum absolute atomic E-state index is 0.624. The fourth-order valence-corrected chi connectivity index (χ4v) is 6.89. The van der Waals surface area contributed by atoms with E-state index in [4.69, 9.17) is 4.74 Å². The maximum atomic E-state index is 6.61. The van der Waals surface area contributed by atoms with Crippen LogP contribution in [-0.4, -0.2) is 6.61 Å². The number of ether oxygens (including phenoxy) is 1. The third-order valence-corrected chi connectivity index (χ3v) is 9.79. The van der Waals surface area contributed by atoms with Crippen molar-refractivity contribution in [1.82, 2.24) is 0 Å². The number of aryl methyl sites for hydroxylation is 2. The molecule has 0 heterocycles. The Morgan fingerprint density at radius 3 is 1.85 bits per heavy atom. The van der Waals surface area contributed by atoms with Gasteiger partial charge in [-0.2, -0.15) is 0 Å². The summed E-state index contributed by atoms with van der Waals surface area (Å²) >= 11 is 0. The Labute approximate surface area is 245 Å². The van der Waals surface area contributed by atoms with Gasteiger partial charge in [0.2, 0.25) is 0 Å². The first-order chi connectivity index (χ1) is 19.5. The highest BCUT2D eigenvalue weighted by atomic mass is 16.5. The smallest absolute Gasteiger partial charge is 0.125 e. The molecule has 0 N–H and O–H groups in total. The lowest BCUT2D eigenvalue weighted by Crippen LogP contribution is -2.13. The van der Waals surface area contributed by atoms with Crippen molar-refractivity contribution >= 4 is 0 Å². The molecule has 3 aromatic rings. The molecule has 4 rings (SSSR count). The lowest BCUT2D eigenvalue weighted by Gasteiger charge is -2.26. The third kappa shape index (κ3) is 6.67. The van der Waals surface area contributed by atoms with Gasteiger partial charge in [-0.25, -0.2) is 0 Å². The van der Waals surface area contributed by atoms with E-state index in [1.807, 2.05) is 0 Å². The van der Waals surface area contributed by atoms with E-state index in [-0.39, 0.29) is 0 Å². The molecule has 0 atom stereocenters. The predicted octanol–water partition coefficient (Wildman–Crippen LogP) is 11.4. The Balaban J connectivity index is 1.68. The average Bonchev–Trinajstić information content (AvgIpc) is 3.01. The van der Waals surface area contributed by atoms with Crippen molar-refractivity contribution < 1.29 is 4.74 Å². The van der Waals surface area contributed by atoms with E-state index >= 15 is 0 Å². The molecule has 0 amide bonds. The molecule has 0 bridgehead atoms. The molecule has 0 saturated heterocycles. The normalized spacial score (nSPS) is 17.4. The van der Waals surface area contributed by atoms with Gasteiger partial charge in [-0.3, -0.25) is 0 Å². The average molecular weight is 539 g/mol. The molecule has 0 radical (unpaired) electrons. The SMILES string of the molecule is CCc1cc(-c2cc(CC)c(OCC(CC)CC)c(CC)c2CC)ccc1-c1ccc(C2CCC(C)CC2)cc1. The zero-order chi connectivity index (χ0) is 28.6. The quantitative estimate of drug-likeness (QED) is 0.223. The van der Waals surface area contributed by atoms with Crippen LogP contribution in [-0.2, 0) is 25.7 Å². The monoisotopic (exact) mass is 538 g/mol. The van der Waals surface area contributed by atoms with E-state index in [0.717, 1.165) is 49.9 Å². The van der Waals surface area contributed by atoms with Gasteiger partial charge in [0, 0.05) is 0 Å². The lowest BCUT2D eigenvalue weighted by atomic mass is 9.79. The van der Waals surface area contributed by atoms with Gasteiger partial charge < -0.3 is 4.74 Å². The summed E-state index contributed by atoms with van der Waals surface area (Å²) in [6.07, 6.45) is 11.8. The number of hydrogen-bond donors (Lipinski definition) is 0. The Hall–Kier alpha value is -2.54. The van der Waals surface area contributed by atoms with Crippen LogP contribution in [0.15, 0.2) is 48.5 Å². The number of hydrogen-bond acceptors (Lipinski definition) is 1. The highest BCUT2D eigenvalue weighted by molar-refractivity contribution is 5.77. The molecule has 3 aromatic carbocycles. The maximum absolute atomic E-state index is 6.61. The van der Waals surface area contributed by atoms with E-state index in [2.05, 4.69) is 97.0 Å². The summed E-state index contributed by atoms with van der Waals surface area (Å²) in [5.41, 5.74) is 12.7. The van der Waals surface area contributed by atoms with E-state index < -0.39 is 0 Å². The molecule has 40 heavy (non-hydrogen) atoms. The van der Waals surface area contributed by atoms with Gasteiger partial charge in [0.15, 0.2) is 0 Å². The van der Waals surface area contributed by atoms with Crippen molar-refractivity contribution in [2.75, 3.05) is 6.61 Å². The van der Waals surface area contributed by atoms with Crippen LogP contribution in [0.4, 0.5) is 0 Å². The van der Waals surface area contributed by atoms with Crippen molar-refractivity contribution in [3.05, 3.63) is 76.3 Å². The van der Waals surface area contributed by atoms with Crippen LogP contribution in [0, 0.1) is 11.8 Å².